The van der Waals surface area contributed by atoms with Gasteiger partial charge in [0.25, 0.3) is 5.89 Å². The SMILES string of the molecule is CCNC(=NCCc1ccc(-c2nc(CC)no2)cc1)NCCn1cccc1.I. The first kappa shape index (κ1) is 22.9. The number of hydrogen-bond donors (Lipinski definition) is 2. The maximum absolute atomic E-state index is 5.28. The van der Waals surface area contributed by atoms with Gasteiger partial charge in [-0.1, -0.05) is 24.2 Å². The van der Waals surface area contributed by atoms with E-state index in [0.29, 0.717) is 5.89 Å². The molecule has 0 amide bonds. The summed E-state index contributed by atoms with van der Waals surface area (Å²) in [6.07, 6.45) is 5.77. The molecule has 7 nitrogen and oxygen atoms in total. The van der Waals surface area contributed by atoms with Gasteiger partial charge < -0.3 is 19.7 Å². The Morgan fingerprint density at radius 2 is 1.86 bits per heavy atom. The zero-order valence-electron chi connectivity index (χ0n) is 17.0. The number of aryl methyl sites for hydroxylation is 1. The lowest BCUT2D eigenvalue weighted by atomic mass is 10.1. The maximum Gasteiger partial charge on any atom is 0.257 e. The van der Waals surface area contributed by atoms with Gasteiger partial charge in [-0.25, -0.2) is 0 Å². The van der Waals surface area contributed by atoms with E-state index in [-0.39, 0.29) is 24.0 Å². The van der Waals surface area contributed by atoms with E-state index in [1.807, 2.05) is 31.2 Å². The molecule has 0 atom stereocenters. The zero-order chi connectivity index (χ0) is 19.6. The number of hydrogen-bond acceptors (Lipinski definition) is 4. The zero-order valence-corrected chi connectivity index (χ0v) is 19.3. The van der Waals surface area contributed by atoms with Crippen molar-refractivity contribution in [2.75, 3.05) is 19.6 Å². The Labute approximate surface area is 189 Å². The Morgan fingerprint density at radius 3 is 2.52 bits per heavy atom. The molecule has 0 spiro atoms. The van der Waals surface area contributed by atoms with E-state index in [1.54, 1.807) is 0 Å². The van der Waals surface area contributed by atoms with E-state index in [9.17, 15) is 0 Å². The fraction of sp³-hybridized carbons (Fsp3) is 0.381. The second-order valence-electron chi connectivity index (χ2n) is 6.42. The third kappa shape index (κ3) is 7.19. The Hall–Kier alpha value is -2.36. The summed E-state index contributed by atoms with van der Waals surface area (Å²) < 4.78 is 7.43. The normalized spacial score (nSPS) is 11.2. The quantitative estimate of drug-likeness (QED) is 0.263. The van der Waals surface area contributed by atoms with Crippen molar-refractivity contribution in [1.29, 1.82) is 0 Å². The van der Waals surface area contributed by atoms with Crippen LogP contribution in [0.25, 0.3) is 11.5 Å². The first-order valence-corrected chi connectivity index (χ1v) is 9.83. The molecule has 2 heterocycles. The topological polar surface area (TPSA) is 80.3 Å². The number of aliphatic imine (C=N–C) groups is 1. The molecule has 2 aromatic heterocycles. The first-order valence-electron chi connectivity index (χ1n) is 9.83. The van der Waals surface area contributed by atoms with Gasteiger partial charge in [0, 0.05) is 50.6 Å². The third-order valence-corrected chi connectivity index (χ3v) is 4.33. The van der Waals surface area contributed by atoms with E-state index in [0.717, 1.165) is 56.4 Å². The molecule has 0 fully saturated rings. The number of aromatic nitrogens is 3. The van der Waals surface area contributed by atoms with Crippen LogP contribution in [0.1, 0.15) is 25.2 Å². The van der Waals surface area contributed by atoms with Crippen LogP contribution < -0.4 is 10.6 Å². The monoisotopic (exact) mass is 508 g/mol. The summed E-state index contributed by atoms with van der Waals surface area (Å²) in [5, 5.41) is 10.6. The second-order valence-corrected chi connectivity index (χ2v) is 6.42. The summed E-state index contributed by atoms with van der Waals surface area (Å²) in [5.74, 6) is 2.15. The van der Waals surface area contributed by atoms with Crippen LogP contribution in [-0.4, -0.2) is 40.3 Å². The van der Waals surface area contributed by atoms with Gasteiger partial charge in [0.2, 0.25) is 0 Å². The predicted molar refractivity (Wildman–Crippen MR) is 127 cm³/mol. The Balaban J connectivity index is 0.00000300. The van der Waals surface area contributed by atoms with Gasteiger partial charge in [0.15, 0.2) is 11.8 Å². The van der Waals surface area contributed by atoms with Crippen LogP contribution in [0.2, 0.25) is 0 Å². The smallest absolute Gasteiger partial charge is 0.257 e. The first-order chi connectivity index (χ1) is 13.8. The molecule has 3 aromatic rings. The van der Waals surface area contributed by atoms with Crippen molar-refractivity contribution >= 4 is 29.9 Å². The van der Waals surface area contributed by atoms with Crippen molar-refractivity contribution in [3.05, 3.63) is 60.2 Å². The third-order valence-electron chi connectivity index (χ3n) is 4.33. The average molecular weight is 508 g/mol. The van der Waals surface area contributed by atoms with Gasteiger partial charge >= 0.3 is 0 Å². The van der Waals surface area contributed by atoms with Gasteiger partial charge in [0.05, 0.1) is 0 Å². The molecule has 0 bridgehead atoms. The molecule has 0 saturated heterocycles. The van der Waals surface area contributed by atoms with Crippen molar-refractivity contribution in [1.82, 2.24) is 25.3 Å². The van der Waals surface area contributed by atoms with Crippen LogP contribution in [0.4, 0.5) is 0 Å². The second kappa shape index (κ2) is 12.3. The molecule has 29 heavy (non-hydrogen) atoms. The molecule has 1 aromatic carbocycles. The van der Waals surface area contributed by atoms with Crippen LogP contribution in [0, 0.1) is 0 Å². The summed E-state index contributed by atoms with van der Waals surface area (Å²) in [4.78, 5) is 9.03. The molecule has 0 radical (unpaired) electrons. The van der Waals surface area contributed by atoms with Crippen LogP contribution >= 0.6 is 24.0 Å². The van der Waals surface area contributed by atoms with E-state index in [2.05, 4.69) is 61.8 Å². The summed E-state index contributed by atoms with van der Waals surface area (Å²) in [5.41, 5.74) is 2.17. The van der Waals surface area contributed by atoms with Crippen LogP contribution in [-0.2, 0) is 19.4 Å². The van der Waals surface area contributed by atoms with Gasteiger partial charge in [-0.3, -0.25) is 4.99 Å². The van der Waals surface area contributed by atoms with Gasteiger partial charge in [-0.2, -0.15) is 4.98 Å². The fourth-order valence-corrected chi connectivity index (χ4v) is 2.79. The highest BCUT2D eigenvalue weighted by Gasteiger charge is 2.07. The van der Waals surface area contributed by atoms with E-state index in [4.69, 9.17) is 4.52 Å². The van der Waals surface area contributed by atoms with E-state index < -0.39 is 0 Å². The van der Waals surface area contributed by atoms with Gasteiger partial charge in [-0.15, -0.1) is 24.0 Å². The van der Waals surface area contributed by atoms with Crippen molar-refractivity contribution in [2.24, 2.45) is 4.99 Å². The molecule has 0 aliphatic rings. The predicted octanol–water partition coefficient (Wildman–Crippen LogP) is 3.52. The van der Waals surface area contributed by atoms with Crippen molar-refractivity contribution in [2.45, 2.75) is 33.2 Å². The largest absolute Gasteiger partial charge is 0.357 e. The maximum atomic E-state index is 5.28. The number of nitrogens with one attached hydrogen (secondary N) is 2. The Morgan fingerprint density at radius 1 is 1.10 bits per heavy atom. The average Bonchev–Trinajstić information content (AvgIpc) is 3.40. The van der Waals surface area contributed by atoms with Crippen LogP contribution in [0.3, 0.4) is 0 Å². The molecule has 0 aliphatic heterocycles. The van der Waals surface area contributed by atoms with Crippen molar-refractivity contribution < 1.29 is 4.52 Å². The van der Waals surface area contributed by atoms with Crippen molar-refractivity contribution in [3.63, 3.8) is 0 Å². The Bertz CT molecular complexity index is 858. The van der Waals surface area contributed by atoms with Crippen molar-refractivity contribution in [3.8, 4) is 11.5 Å². The standard InChI is InChI=1S/C21H28N6O.HI/c1-3-19-25-20(28-26-19)18-9-7-17(8-10-18)11-12-23-21(22-4-2)24-13-16-27-14-5-6-15-27;/h5-10,14-15H,3-4,11-13,16H2,1-2H3,(H2,22,23,24);1H. The lowest BCUT2D eigenvalue weighted by molar-refractivity contribution is 0.423. The molecule has 3 rings (SSSR count). The minimum absolute atomic E-state index is 0. The fourth-order valence-electron chi connectivity index (χ4n) is 2.79. The van der Waals surface area contributed by atoms with Crippen LogP contribution in [0.15, 0.2) is 58.3 Å². The summed E-state index contributed by atoms with van der Waals surface area (Å²) in [6.45, 7) is 7.39. The Kier molecular flexibility index (Phi) is 9.69. The summed E-state index contributed by atoms with van der Waals surface area (Å²) in [7, 11) is 0. The number of benzene rings is 1. The minimum atomic E-state index is 0. The molecular formula is C21H29IN6O. The van der Waals surface area contributed by atoms with E-state index in [1.165, 1.54) is 5.56 Å². The minimum Gasteiger partial charge on any atom is -0.357 e. The van der Waals surface area contributed by atoms with E-state index >= 15 is 0 Å². The molecule has 0 aliphatic carbocycles. The lowest BCUT2D eigenvalue weighted by Crippen LogP contribution is -2.39. The number of nitrogens with zero attached hydrogens (tertiary/aromatic N) is 4. The highest BCUT2D eigenvalue weighted by molar-refractivity contribution is 14.0. The van der Waals surface area contributed by atoms with Crippen LogP contribution in [0.5, 0.6) is 0 Å². The molecule has 0 unspecified atom stereocenters. The highest BCUT2D eigenvalue weighted by Crippen LogP contribution is 2.18. The number of halogens is 1. The lowest BCUT2D eigenvalue weighted by Gasteiger charge is -2.11. The molecule has 8 heteroatoms. The molecule has 156 valence electrons. The van der Waals surface area contributed by atoms with Gasteiger partial charge in [-0.05, 0) is 43.2 Å². The molecule has 2 N–H and O–H groups in total. The number of guanidine groups is 1. The summed E-state index contributed by atoms with van der Waals surface area (Å²) >= 11 is 0. The number of rotatable bonds is 9. The molecule has 0 saturated carbocycles. The molecular weight excluding hydrogens is 479 g/mol. The highest BCUT2D eigenvalue weighted by atomic mass is 127. The summed E-state index contributed by atoms with van der Waals surface area (Å²) in [6, 6.07) is 12.3. The van der Waals surface area contributed by atoms with Gasteiger partial charge in [0.1, 0.15) is 0 Å².